The Labute approximate surface area is 761 Å². The average molecular weight is 1790 g/mol. The van der Waals surface area contributed by atoms with E-state index in [-0.39, 0.29) is 111 Å². The van der Waals surface area contributed by atoms with Crippen molar-refractivity contribution in [2.24, 2.45) is 0 Å². The molecule has 0 aromatic carbocycles. The maximum Gasteiger partial charge on any atom is 3.00 e. The first kappa shape index (κ1) is 94.8. The molecule has 128 heavy (non-hydrogen) atoms. The van der Waals surface area contributed by atoms with Crippen molar-refractivity contribution in [1.29, 1.82) is 0 Å². The van der Waals surface area contributed by atoms with E-state index in [9.17, 15) is 59.4 Å². The Morgan fingerprint density at radius 3 is 0.641 bits per heavy atom. The van der Waals surface area contributed by atoms with Crippen LogP contribution in [0.1, 0.15) is 234 Å². The molecule has 6 aliphatic heterocycles. The summed E-state index contributed by atoms with van der Waals surface area (Å²) in [5.74, 6) is -6.83. The third-order valence-electron chi connectivity index (χ3n) is 24.6. The number of hydrogen-bond donors (Lipinski definition) is 6. The predicted molar refractivity (Wildman–Crippen MR) is 490 cm³/mol. The number of hydrogen-bond acceptors (Lipinski definition) is 18. The van der Waals surface area contributed by atoms with E-state index in [2.05, 4.69) is 69.4 Å². The second kappa shape index (κ2) is 39.3. The minimum absolute atomic E-state index is 0. The molecule has 15 rings (SSSR count). The van der Waals surface area contributed by atoms with E-state index < -0.39 is 35.8 Å². The van der Waals surface area contributed by atoms with Crippen molar-refractivity contribution in [3.63, 3.8) is 0 Å². The van der Waals surface area contributed by atoms with Gasteiger partial charge in [0.05, 0.1) is 68.3 Å². The number of fused-ring (bicyclic) bond motifs is 24. The Hall–Kier alpha value is -13.9. The number of carbonyl (C=O) groups is 6. The Morgan fingerprint density at radius 2 is 0.422 bits per heavy atom. The summed E-state index contributed by atoms with van der Waals surface area (Å²) in [5.41, 5.74) is 39.8. The zero-order valence-corrected chi connectivity index (χ0v) is 75.6. The van der Waals surface area contributed by atoms with Gasteiger partial charge in [-0.25, -0.2) is 29.9 Å². The molecule has 9 aromatic heterocycles. The van der Waals surface area contributed by atoms with Gasteiger partial charge in [-0.05, 0) is 333 Å². The number of aromatic amines is 6. The number of carboxylic acids is 6. The Bertz CT molecular complexity index is 6430. The molecule has 15 heterocycles. The van der Waals surface area contributed by atoms with Crippen molar-refractivity contribution in [3.05, 3.63) is 266 Å². The summed E-state index contributed by atoms with van der Waals surface area (Å²) < 4.78 is 0. The predicted octanol–water partition coefficient (Wildman–Crippen LogP) is 14.5. The van der Waals surface area contributed by atoms with Crippen molar-refractivity contribution in [3.8, 4) is 0 Å². The molecule has 24 bridgehead atoms. The maximum atomic E-state index is 11.4. The van der Waals surface area contributed by atoms with Crippen LogP contribution in [0.2, 0.25) is 0 Å². The minimum atomic E-state index is -1.14. The molecule has 26 heteroatoms. The van der Waals surface area contributed by atoms with Gasteiger partial charge < -0.3 is 89.3 Å². The van der Waals surface area contributed by atoms with Gasteiger partial charge in [0, 0.05) is 135 Å². The molecule has 0 aliphatic carbocycles. The van der Waals surface area contributed by atoms with Crippen LogP contribution in [-0.4, -0.2) is 95.6 Å². The molecule has 0 atom stereocenters. The van der Waals surface area contributed by atoms with Crippen LogP contribution < -0.4 is 30.6 Å². The first-order chi connectivity index (χ1) is 60.0. The molecule has 0 amide bonds. The Morgan fingerprint density at radius 1 is 0.242 bits per heavy atom. The molecular formula is C102H96Fe2N12O12. The smallest absolute Gasteiger partial charge is 0.550 e. The summed E-state index contributed by atoms with van der Waals surface area (Å²) in [7, 11) is 0. The monoisotopic (exact) mass is 1790 g/mol. The number of H-pyrrole nitrogens is 6. The zero-order chi connectivity index (χ0) is 90.9. The van der Waals surface area contributed by atoms with Gasteiger partial charge in [-0.15, -0.1) is 0 Å². The van der Waals surface area contributed by atoms with Gasteiger partial charge in [0.1, 0.15) is 0 Å². The van der Waals surface area contributed by atoms with E-state index >= 15 is 0 Å². The van der Waals surface area contributed by atoms with Crippen LogP contribution >= 0.6 is 0 Å². The fourth-order valence-electron chi connectivity index (χ4n) is 17.3. The number of allylic oxidation sites excluding steroid dienone is 15. The second-order valence-electron chi connectivity index (χ2n) is 32.1. The summed E-state index contributed by atoms with van der Waals surface area (Å²) in [4.78, 5) is 119. The molecule has 0 saturated carbocycles. The summed E-state index contributed by atoms with van der Waals surface area (Å²) in [5, 5.41) is 68.4. The van der Waals surface area contributed by atoms with Crippen LogP contribution in [0, 0.1) is 41.5 Å². The second-order valence-corrected chi connectivity index (χ2v) is 32.1. The summed E-state index contributed by atoms with van der Waals surface area (Å²) in [6, 6.07) is 23.3. The standard InChI is InChI=1S/3C34H34N4O4.2Fe/c3*1-7-21-17(3)25-13-26-19(5)23(9-11-33(39)40)31(37-26)16-32-24(10-12-34(41)42)20(6)28(38-32)15-30-22(8-2)18(4)27(36-30)14-29(21)35-25;;/h3*7-8,13-16,35,38H,1-2,9-12H2,3-6H3,(H,39,40)(H,41,42);;/q;;;2*+3/p-6. The fraction of sp³-hybridized carbons (Fsp3) is 0.235. The van der Waals surface area contributed by atoms with Gasteiger partial charge in [0.25, 0.3) is 0 Å². The molecule has 24 nitrogen and oxygen atoms in total. The molecule has 0 fully saturated rings. The van der Waals surface area contributed by atoms with Gasteiger partial charge in [-0.3, -0.25) is 0 Å². The topological polar surface area (TPSA) is 413 Å². The molecule has 2 radical (unpaired) electrons. The fourth-order valence-corrected chi connectivity index (χ4v) is 17.3. The number of aryl methyl sites for hydroxylation is 9. The van der Waals surface area contributed by atoms with Crippen LogP contribution in [0.25, 0.3) is 151 Å². The molecule has 6 N–H and O–H groups in total. The number of carboxylic acid groups (broad SMARTS) is 6. The molecule has 652 valence electrons. The van der Waals surface area contributed by atoms with E-state index in [1.807, 2.05) is 174 Å². The van der Waals surface area contributed by atoms with Gasteiger partial charge in [0.15, 0.2) is 0 Å². The van der Waals surface area contributed by atoms with Crippen molar-refractivity contribution in [1.82, 2.24) is 59.8 Å². The summed E-state index contributed by atoms with van der Waals surface area (Å²) in [6.07, 6.45) is 11.4. The van der Waals surface area contributed by atoms with E-state index in [4.69, 9.17) is 29.9 Å². The van der Waals surface area contributed by atoms with E-state index in [1.165, 1.54) is 0 Å². The van der Waals surface area contributed by atoms with Crippen molar-refractivity contribution < 1.29 is 93.5 Å². The Kier molecular flexibility index (Phi) is 29.1. The van der Waals surface area contributed by atoms with Crippen LogP contribution in [-0.2, 0) is 82.2 Å². The number of aliphatic carboxylic acids is 6. The van der Waals surface area contributed by atoms with Crippen molar-refractivity contribution in [2.75, 3.05) is 0 Å². The Balaban J connectivity index is 0.000000185. The largest absolute Gasteiger partial charge is 3.00 e. The van der Waals surface area contributed by atoms with Gasteiger partial charge in [0.2, 0.25) is 0 Å². The van der Waals surface area contributed by atoms with Gasteiger partial charge in [-0.1, -0.05) is 75.9 Å². The van der Waals surface area contributed by atoms with Crippen LogP contribution in [0.5, 0.6) is 0 Å². The van der Waals surface area contributed by atoms with Crippen molar-refractivity contribution >= 4 is 187 Å². The van der Waals surface area contributed by atoms with Crippen LogP contribution in [0.15, 0.2) is 130 Å². The molecule has 0 spiro atoms. The van der Waals surface area contributed by atoms with E-state index in [0.29, 0.717) is 50.7 Å². The first-order valence-electron chi connectivity index (χ1n) is 41.5. The number of nitrogens with zero attached hydrogens (tertiary/aromatic N) is 6. The zero-order valence-electron chi connectivity index (χ0n) is 73.4. The maximum absolute atomic E-state index is 11.4. The summed E-state index contributed by atoms with van der Waals surface area (Å²) >= 11 is 0. The van der Waals surface area contributed by atoms with Crippen LogP contribution in [0.4, 0.5) is 0 Å². The van der Waals surface area contributed by atoms with Crippen LogP contribution in [0.3, 0.4) is 0 Å². The third-order valence-corrected chi connectivity index (χ3v) is 24.6. The molecular weight excluding hydrogens is 1700 g/mol. The number of carbonyl (C=O) groups excluding carboxylic acids is 6. The third kappa shape index (κ3) is 19.3. The van der Waals surface area contributed by atoms with Gasteiger partial charge >= 0.3 is 34.1 Å². The molecule has 6 aliphatic rings. The number of aromatic nitrogens is 12. The normalized spacial score (nSPS) is 12.8. The molecule has 9 aromatic rings. The van der Waals surface area contributed by atoms with E-state index in [0.717, 1.165) is 217 Å². The first-order valence-corrected chi connectivity index (χ1v) is 41.5. The SMILES string of the molecule is C=CC1=C(C)c2cc3[nH]c(cc4nc(cc5[nH]c(cc1n2)c(C)c5CCC(=O)[O-])C(CCC(=O)[O-])=C4C)c(C)c3C=C.C=CC1=C(C)c2cc3[nH]c(cc4nc(cc5[nH]c(cc1n2)c(C)c5CCC(=O)[O-])C(CCC(=O)[O-])=C4C)c(C)c3C=C.C=CC1=C(C)c2cc3[nH]c(cc4nc(cc5[nH]c(cc1n2)c(C)c5CCC(=O)[O-])C(CCC(=O)[O-])=C4C)c(C)c3C=C.[Fe+3].[Fe+3]. The van der Waals surface area contributed by atoms with Gasteiger partial charge in [-0.2, -0.15) is 0 Å². The van der Waals surface area contributed by atoms with Crippen molar-refractivity contribution in [2.45, 2.75) is 160 Å². The quantitative estimate of drug-likeness (QED) is 0.0306. The average Bonchev–Trinajstić information content (AvgIpc) is 1.62. The molecule has 0 unspecified atom stereocenters. The summed E-state index contributed by atoms with van der Waals surface area (Å²) in [6.45, 7) is 47.8. The molecule has 0 saturated heterocycles. The minimum Gasteiger partial charge on any atom is -0.550 e. The number of rotatable bonds is 24. The van der Waals surface area contributed by atoms with E-state index in [1.54, 1.807) is 18.2 Å². The number of nitrogens with one attached hydrogen (secondary N) is 6.